The second-order valence-corrected chi connectivity index (χ2v) is 5.40. The number of nitrogens with one attached hydrogen (secondary N) is 2. The van der Waals surface area contributed by atoms with Gasteiger partial charge < -0.3 is 15.4 Å². The van der Waals surface area contributed by atoms with Crippen LogP contribution in [0.15, 0.2) is 30.3 Å². The van der Waals surface area contributed by atoms with Gasteiger partial charge in [0.25, 0.3) is 5.91 Å². The molecule has 0 aliphatic carbocycles. The Morgan fingerprint density at radius 1 is 1.22 bits per heavy atom. The van der Waals surface area contributed by atoms with Crippen LogP contribution in [0, 0.1) is 6.92 Å². The number of anilines is 2. The summed E-state index contributed by atoms with van der Waals surface area (Å²) in [7, 11) is 0. The number of rotatable bonds is 6. The molecule has 1 amide bonds. The highest BCUT2D eigenvalue weighted by atomic mass is 16.5. The number of nitrogens with zero attached hydrogens (tertiary/aromatic N) is 2. The minimum absolute atomic E-state index is 0.228. The molecule has 0 aliphatic heterocycles. The van der Waals surface area contributed by atoms with Crippen LogP contribution in [-0.2, 0) is 0 Å². The Balaban J connectivity index is 2.12. The molecule has 6 nitrogen and oxygen atoms in total. The van der Waals surface area contributed by atoms with E-state index in [0.29, 0.717) is 29.6 Å². The van der Waals surface area contributed by atoms with E-state index in [0.717, 1.165) is 5.75 Å². The van der Waals surface area contributed by atoms with Crippen LogP contribution >= 0.6 is 0 Å². The molecule has 0 saturated carbocycles. The smallest absolute Gasteiger partial charge is 0.274 e. The standard InChI is InChI=1S/C17H22N4O2/c1-5-23-14-8-6-13(7-9-14)21-17(22)15-10-16(18-11(2)3)20-12(4)19-15/h6-11H,5H2,1-4H3,(H,21,22)(H,18,19,20). The van der Waals surface area contributed by atoms with E-state index >= 15 is 0 Å². The third-order valence-corrected chi connectivity index (χ3v) is 2.93. The van der Waals surface area contributed by atoms with Gasteiger partial charge in [-0.2, -0.15) is 0 Å². The van der Waals surface area contributed by atoms with E-state index < -0.39 is 0 Å². The van der Waals surface area contributed by atoms with Crippen LogP contribution in [-0.4, -0.2) is 28.5 Å². The summed E-state index contributed by atoms with van der Waals surface area (Å²) in [6.45, 7) is 8.32. The lowest BCUT2D eigenvalue weighted by Gasteiger charge is -2.11. The minimum atomic E-state index is -0.272. The Morgan fingerprint density at radius 3 is 2.52 bits per heavy atom. The third-order valence-electron chi connectivity index (χ3n) is 2.93. The summed E-state index contributed by atoms with van der Waals surface area (Å²) in [6.07, 6.45) is 0. The van der Waals surface area contributed by atoms with Gasteiger partial charge in [0.05, 0.1) is 6.61 Å². The lowest BCUT2D eigenvalue weighted by Crippen LogP contribution is -2.17. The molecular weight excluding hydrogens is 292 g/mol. The lowest BCUT2D eigenvalue weighted by atomic mass is 10.2. The SMILES string of the molecule is CCOc1ccc(NC(=O)c2cc(NC(C)C)nc(C)n2)cc1. The van der Waals surface area contributed by atoms with E-state index in [4.69, 9.17) is 4.74 Å². The van der Waals surface area contributed by atoms with E-state index in [9.17, 15) is 4.79 Å². The first-order valence-corrected chi connectivity index (χ1v) is 7.64. The average Bonchev–Trinajstić information content (AvgIpc) is 2.48. The summed E-state index contributed by atoms with van der Waals surface area (Å²) in [5.74, 6) is 1.69. The summed E-state index contributed by atoms with van der Waals surface area (Å²) in [5, 5.41) is 6.00. The van der Waals surface area contributed by atoms with E-state index in [1.807, 2.05) is 32.9 Å². The van der Waals surface area contributed by atoms with Gasteiger partial charge in [-0.3, -0.25) is 4.79 Å². The molecule has 0 aliphatic rings. The Labute approximate surface area is 136 Å². The molecule has 6 heteroatoms. The number of hydrogen-bond acceptors (Lipinski definition) is 5. The molecule has 0 radical (unpaired) electrons. The lowest BCUT2D eigenvalue weighted by molar-refractivity contribution is 0.102. The van der Waals surface area contributed by atoms with Crippen molar-refractivity contribution in [3.05, 3.63) is 41.9 Å². The van der Waals surface area contributed by atoms with Crippen molar-refractivity contribution >= 4 is 17.4 Å². The average molecular weight is 314 g/mol. The van der Waals surface area contributed by atoms with Crippen LogP contribution in [0.3, 0.4) is 0 Å². The Morgan fingerprint density at radius 2 is 1.91 bits per heavy atom. The number of carbonyl (C=O) groups is 1. The molecule has 2 aromatic rings. The maximum absolute atomic E-state index is 12.4. The van der Waals surface area contributed by atoms with Crippen molar-refractivity contribution in [1.29, 1.82) is 0 Å². The molecule has 1 heterocycles. The highest BCUT2D eigenvalue weighted by Gasteiger charge is 2.11. The fraction of sp³-hybridized carbons (Fsp3) is 0.353. The molecule has 0 bridgehead atoms. The van der Waals surface area contributed by atoms with Crippen molar-refractivity contribution < 1.29 is 9.53 Å². The van der Waals surface area contributed by atoms with Gasteiger partial charge in [0.15, 0.2) is 0 Å². The number of aryl methyl sites for hydroxylation is 1. The van der Waals surface area contributed by atoms with Gasteiger partial charge in [0.2, 0.25) is 0 Å². The topological polar surface area (TPSA) is 76.1 Å². The second-order valence-electron chi connectivity index (χ2n) is 5.40. The van der Waals surface area contributed by atoms with Crippen molar-refractivity contribution in [2.45, 2.75) is 33.7 Å². The first-order valence-electron chi connectivity index (χ1n) is 7.64. The predicted molar refractivity (Wildman–Crippen MR) is 91.1 cm³/mol. The van der Waals surface area contributed by atoms with Crippen molar-refractivity contribution in [3.8, 4) is 5.75 Å². The zero-order valence-corrected chi connectivity index (χ0v) is 13.9. The quantitative estimate of drug-likeness (QED) is 0.856. The Bertz CT molecular complexity index is 669. The Kier molecular flexibility index (Phi) is 5.51. The van der Waals surface area contributed by atoms with Crippen LogP contribution in [0.4, 0.5) is 11.5 Å². The monoisotopic (exact) mass is 314 g/mol. The van der Waals surface area contributed by atoms with Gasteiger partial charge >= 0.3 is 0 Å². The largest absolute Gasteiger partial charge is 0.494 e. The van der Waals surface area contributed by atoms with E-state index in [-0.39, 0.29) is 11.9 Å². The fourth-order valence-electron chi connectivity index (χ4n) is 2.05. The normalized spacial score (nSPS) is 10.5. The van der Waals surface area contributed by atoms with E-state index in [2.05, 4.69) is 20.6 Å². The predicted octanol–water partition coefficient (Wildman–Crippen LogP) is 3.26. The summed E-state index contributed by atoms with van der Waals surface area (Å²) in [5.41, 5.74) is 1.02. The van der Waals surface area contributed by atoms with Gasteiger partial charge in [-0.25, -0.2) is 9.97 Å². The van der Waals surface area contributed by atoms with Crippen molar-refractivity contribution in [1.82, 2.24) is 9.97 Å². The third kappa shape index (κ3) is 4.95. The molecule has 122 valence electrons. The molecule has 23 heavy (non-hydrogen) atoms. The van der Waals surface area contributed by atoms with E-state index in [1.54, 1.807) is 25.1 Å². The number of ether oxygens (including phenoxy) is 1. The molecule has 0 spiro atoms. The van der Waals surface area contributed by atoms with Crippen molar-refractivity contribution in [3.63, 3.8) is 0 Å². The number of amides is 1. The summed E-state index contributed by atoms with van der Waals surface area (Å²) in [4.78, 5) is 20.8. The maximum atomic E-state index is 12.4. The van der Waals surface area contributed by atoms with Crippen molar-refractivity contribution in [2.75, 3.05) is 17.2 Å². The zero-order chi connectivity index (χ0) is 16.8. The summed E-state index contributed by atoms with van der Waals surface area (Å²) < 4.78 is 5.38. The molecule has 2 N–H and O–H groups in total. The molecule has 0 atom stereocenters. The fourth-order valence-corrected chi connectivity index (χ4v) is 2.05. The summed E-state index contributed by atoms with van der Waals surface area (Å²) in [6, 6.07) is 9.10. The van der Waals surface area contributed by atoms with Crippen LogP contribution in [0.2, 0.25) is 0 Å². The summed E-state index contributed by atoms with van der Waals surface area (Å²) >= 11 is 0. The molecule has 0 saturated heterocycles. The van der Waals surface area contributed by atoms with Crippen LogP contribution in [0.5, 0.6) is 5.75 Å². The van der Waals surface area contributed by atoms with Gasteiger partial charge in [-0.15, -0.1) is 0 Å². The van der Waals surface area contributed by atoms with Gasteiger partial charge in [0.1, 0.15) is 23.1 Å². The molecule has 0 fully saturated rings. The zero-order valence-electron chi connectivity index (χ0n) is 13.9. The van der Waals surface area contributed by atoms with Crippen LogP contribution in [0.1, 0.15) is 37.1 Å². The van der Waals surface area contributed by atoms with E-state index in [1.165, 1.54) is 0 Å². The molecule has 0 unspecified atom stereocenters. The molecule has 1 aromatic heterocycles. The number of hydrogen-bond donors (Lipinski definition) is 2. The minimum Gasteiger partial charge on any atom is -0.494 e. The molecule has 1 aromatic carbocycles. The highest BCUT2D eigenvalue weighted by molar-refractivity contribution is 6.03. The van der Waals surface area contributed by atoms with Gasteiger partial charge in [-0.05, 0) is 52.0 Å². The molecule has 2 rings (SSSR count). The Hall–Kier alpha value is -2.63. The number of carbonyl (C=O) groups excluding carboxylic acids is 1. The molecular formula is C17H22N4O2. The first-order chi connectivity index (χ1) is 11.0. The number of benzene rings is 1. The highest BCUT2D eigenvalue weighted by Crippen LogP contribution is 2.17. The van der Waals surface area contributed by atoms with Gasteiger partial charge in [-0.1, -0.05) is 0 Å². The van der Waals surface area contributed by atoms with Crippen molar-refractivity contribution in [2.24, 2.45) is 0 Å². The van der Waals surface area contributed by atoms with Gasteiger partial charge in [0, 0.05) is 17.8 Å². The number of aromatic nitrogens is 2. The second kappa shape index (κ2) is 7.58. The van der Waals surface area contributed by atoms with Crippen LogP contribution in [0.25, 0.3) is 0 Å². The first kappa shape index (κ1) is 16.7. The van der Waals surface area contributed by atoms with Crippen LogP contribution < -0.4 is 15.4 Å². The maximum Gasteiger partial charge on any atom is 0.274 e.